The molecule has 0 saturated carbocycles. The first-order valence-electron chi connectivity index (χ1n) is 7.02. The van der Waals surface area contributed by atoms with E-state index in [1.165, 1.54) is 5.56 Å². The Morgan fingerprint density at radius 3 is 2.87 bits per heavy atom. The van der Waals surface area contributed by atoms with Crippen molar-refractivity contribution in [3.05, 3.63) is 59.0 Å². The number of nitrogens with zero attached hydrogens (tertiary/aromatic N) is 3. The highest BCUT2D eigenvalue weighted by atomic mass is 79.9. The number of nitrogens with one attached hydrogen (secondary N) is 2. The van der Waals surface area contributed by atoms with Crippen molar-refractivity contribution in [2.45, 2.75) is 16.5 Å². The van der Waals surface area contributed by atoms with E-state index < -0.39 is 0 Å². The van der Waals surface area contributed by atoms with Gasteiger partial charge in [-0.25, -0.2) is 15.0 Å². The Hall–Kier alpha value is -2.12. The Bertz CT molecular complexity index is 853. The number of rotatable bonds is 3. The van der Waals surface area contributed by atoms with Crippen LogP contribution < -0.4 is 10.6 Å². The number of aromatic nitrogens is 3. The molecule has 1 aromatic carbocycles. The molecule has 4 rings (SSSR count). The minimum atomic E-state index is 0.710. The smallest absolute Gasteiger partial charge is 0.163 e. The third-order valence-corrected chi connectivity index (χ3v) is 4.91. The van der Waals surface area contributed by atoms with Gasteiger partial charge in [0.05, 0.1) is 5.69 Å². The Labute approximate surface area is 146 Å². The number of hydrogen-bond donors (Lipinski definition) is 2. The molecule has 0 amide bonds. The van der Waals surface area contributed by atoms with Crippen molar-refractivity contribution >= 4 is 45.0 Å². The lowest BCUT2D eigenvalue weighted by Crippen LogP contribution is -2.06. The molecule has 0 radical (unpaired) electrons. The van der Waals surface area contributed by atoms with E-state index in [4.69, 9.17) is 0 Å². The second-order valence-corrected chi connectivity index (χ2v) is 6.93. The highest BCUT2D eigenvalue weighted by molar-refractivity contribution is 9.10. The van der Waals surface area contributed by atoms with Crippen LogP contribution in [-0.2, 0) is 6.54 Å². The second-order valence-electron chi connectivity index (χ2n) is 4.98. The first-order valence-corrected chi connectivity index (χ1v) is 8.63. The lowest BCUT2D eigenvalue weighted by molar-refractivity contribution is 1.04. The van der Waals surface area contributed by atoms with Crippen LogP contribution in [0, 0.1) is 0 Å². The number of pyridine rings is 1. The van der Waals surface area contributed by atoms with Crippen molar-refractivity contribution in [2.75, 3.05) is 10.6 Å². The van der Waals surface area contributed by atoms with Crippen molar-refractivity contribution < 1.29 is 0 Å². The zero-order chi connectivity index (χ0) is 15.6. The van der Waals surface area contributed by atoms with Gasteiger partial charge in [-0.05, 0) is 45.8 Å². The van der Waals surface area contributed by atoms with Crippen molar-refractivity contribution in [1.29, 1.82) is 0 Å². The highest BCUT2D eigenvalue weighted by Crippen LogP contribution is 2.41. The molecule has 3 aromatic rings. The van der Waals surface area contributed by atoms with Crippen LogP contribution in [0.25, 0.3) is 0 Å². The van der Waals surface area contributed by atoms with E-state index in [1.54, 1.807) is 30.4 Å². The normalized spacial score (nSPS) is 12.0. The largest absolute Gasteiger partial charge is 0.366 e. The highest BCUT2D eigenvalue weighted by Gasteiger charge is 2.17. The van der Waals surface area contributed by atoms with Crippen LogP contribution in [0.3, 0.4) is 0 Å². The molecule has 23 heavy (non-hydrogen) atoms. The monoisotopic (exact) mass is 385 g/mol. The van der Waals surface area contributed by atoms with Crippen molar-refractivity contribution in [3.8, 4) is 0 Å². The van der Waals surface area contributed by atoms with Gasteiger partial charge in [-0.15, -0.1) is 0 Å². The molecule has 2 aromatic heterocycles. The minimum absolute atomic E-state index is 0.710. The van der Waals surface area contributed by atoms with Crippen LogP contribution in [0.2, 0.25) is 0 Å². The van der Waals surface area contributed by atoms with E-state index in [2.05, 4.69) is 59.7 Å². The molecule has 0 bridgehead atoms. The summed E-state index contributed by atoms with van der Waals surface area (Å²) in [4.78, 5) is 14.1. The summed E-state index contributed by atoms with van der Waals surface area (Å²) in [6.45, 7) is 0.710. The molecule has 0 aliphatic carbocycles. The summed E-state index contributed by atoms with van der Waals surface area (Å²) >= 11 is 5.02. The first kappa shape index (κ1) is 14.5. The second kappa shape index (κ2) is 6.17. The van der Waals surface area contributed by atoms with Gasteiger partial charge in [0.1, 0.15) is 10.8 Å². The molecule has 0 fully saturated rings. The van der Waals surface area contributed by atoms with E-state index in [0.29, 0.717) is 6.54 Å². The Balaban J connectivity index is 1.51. The maximum absolute atomic E-state index is 4.34. The van der Waals surface area contributed by atoms with Crippen molar-refractivity contribution in [1.82, 2.24) is 15.0 Å². The van der Waals surface area contributed by atoms with Crippen LogP contribution in [0.5, 0.6) is 0 Å². The Morgan fingerprint density at radius 2 is 2.00 bits per heavy atom. The van der Waals surface area contributed by atoms with Gasteiger partial charge in [-0.3, -0.25) is 0 Å². The summed E-state index contributed by atoms with van der Waals surface area (Å²) in [5.74, 6) is 1.66. The van der Waals surface area contributed by atoms with Crippen molar-refractivity contribution in [3.63, 3.8) is 0 Å². The standard InChI is InChI=1S/C16H12BrN5S/c17-11-2-4-14(21-9-11)20-8-10-1-3-13-12(7-10)22-15-16(23-13)19-6-5-18-15/h1-7,9H,8H2,(H,18,22)(H,20,21). The summed E-state index contributed by atoms with van der Waals surface area (Å²) in [5.41, 5.74) is 2.24. The van der Waals surface area contributed by atoms with Crippen LogP contribution >= 0.6 is 27.7 Å². The lowest BCUT2D eigenvalue weighted by atomic mass is 10.2. The van der Waals surface area contributed by atoms with Gasteiger partial charge in [-0.1, -0.05) is 17.8 Å². The fraction of sp³-hybridized carbons (Fsp3) is 0.0625. The Kier molecular flexibility index (Phi) is 3.88. The van der Waals surface area contributed by atoms with Crippen LogP contribution in [0.1, 0.15) is 5.56 Å². The topological polar surface area (TPSA) is 62.7 Å². The fourth-order valence-electron chi connectivity index (χ4n) is 2.26. The molecule has 3 heterocycles. The van der Waals surface area contributed by atoms with E-state index in [0.717, 1.165) is 31.7 Å². The molecule has 7 heteroatoms. The number of halogens is 1. The van der Waals surface area contributed by atoms with Crippen LogP contribution in [-0.4, -0.2) is 15.0 Å². The molecule has 0 atom stereocenters. The maximum Gasteiger partial charge on any atom is 0.163 e. The summed E-state index contributed by atoms with van der Waals surface area (Å²) in [5, 5.41) is 7.57. The van der Waals surface area contributed by atoms with E-state index >= 15 is 0 Å². The molecular weight excluding hydrogens is 374 g/mol. The number of hydrogen-bond acceptors (Lipinski definition) is 6. The zero-order valence-electron chi connectivity index (χ0n) is 12.0. The average molecular weight is 386 g/mol. The van der Waals surface area contributed by atoms with Gasteiger partial charge < -0.3 is 10.6 Å². The van der Waals surface area contributed by atoms with Gasteiger partial charge in [0.25, 0.3) is 0 Å². The van der Waals surface area contributed by atoms with Gasteiger partial charge in [0, 0.05) is 34.5 Å². The third-order valence-electron chi connectivity index (χ3n) is 3.37. The summed E-state index contributed by atoms with van der Waals surface area (Å²) in [6, 6.07) is 10.3. The maximum atomic E-state index is 4.34. The zero-order valence-corrected chi connectivity index (χ0v) is 14.4. The number of anilines is 3. The number of fused-ring (bicyclic) bond motifs is 2. The number of benzene rings is 1. The Morgan fingerprint density at radius 1 is 1.09 bits per heavy atom. The van der Waals surface area contributed by atoms with Gasteiger partial charge >= 0.3 is 0 Å². The van der Waals surface area contributed by atoms with E-state index in [-0.39, 0.29) is 0 Å². The molecule has 0 saturated heterocycles. The molecule has 5 nitrogen and oxygen atoms in total. The first-order chi connectivity index (χ1) is 11.3. The lowest BCUT2D eigenvalue weighted by Gasteiger charge is -2.19. The predicted octanol–water partition coefficient (Wildman–Crippen LogP) is 4.45. The van der Waals surface area contributed by atoms with Gasteiger partial charge in [-0.2, -0.15) is 0 Å². The summed E-state index contributed by atoms with van der Waals surface area (Å²) in [7, 11) is 0. The molecule has 0 spiro atoms. The summed E-state index contributed by atoms with van der Waals surface area (Å²) in [6.07, 6.45) is 5.19. The average Bonchev–Trinajstić information content (AvgIpc) is 2.59. The molecule has 1 aliphatic heterocycles. The van der Waals surface area contributed by atoms with E-state index in [9.17, 15) is 0 Å². The molecule has 2 N–H and O–H groups in total. The fourth-order valence-corrected chi connectivity index (χ4v) is 3.38. The van der Waals surface area contributed by atoms with Gasteiger partial charge in [0.15, 0.2) is 5.82 Å². The quantitative estimate of drug-likeness (QED) is 0.542. The minimum Gasteiger partial charge on any atom is -0.366 e. The van der Waals surface area contributed by atoms with Gasteiger partial charge in [0.2, 0.25) is 0 Å². The van der Waals surface area contributed by atoms with Crippen LogP contribution in [0.15, 0.2) is 63.3 Å². The third kappa shape index (κ3) is 3.16. The molecule has 114 valence electrons. The molecule has 1 aliphatic rings. The molecule has 0 unspecified atom stereocenters. The summed E-state index contributed by atoms with van der Waals surface area (Å²) < 4.78 is 0.970. The van der Waals surface area contributed by atoms with Crippen LogP contribution in [0.4, 0.5) is 17.3 Å². The SMILES string of the molecule is Brc1ccc(NCc2ccc3c(c2)Nc2nccnc2S3)nc1. The van der Waals surface area contributed by atoms with Crippen molar-refractivity contribution in [2.24, 2.45) is 0 Å². The molecular formula is C16H12BrN5S. The van der Waals surface area contributed by atoms with E-state index in [1.807, 2.05) is 12.1 Å². The predicted molar refractivity (Wildman–Crippen MR) is 95.1 cm³/mol.